The normalized spacial score (nSPS) is 8.00. The van der Waals surface area contributed by atoms with Crippen LogP contribution >= 0.6 is 0 Å². The van der Waals surface area contributed by atoms with Gasteiger partial charge in [0.15, 0.2) is 0 Å². The standard InChI is InChI=1S/C2H6N4Se/c3-1(4)7-2(5)6/h(H3,3,4)(H3,5,6). The van der Waals surface area contributed by atoms with Crippen LogP contribution in [0.5, 0.6) is 0 Å². The summed E-state index contributed by atoms with van der Waals surface area (Å²) >= 11 is -0.403. The van der Waals surface area contributed by atoms with E-state index in [0.29, 0.717) is 0 Å². The van der Waals surface area contributed by atoms with Gasteiger partial charge < -0.3 is 0 Å². The summed E-state index contributed by atoms with van der Waals surface area (Å²) < 4.78 is 0.000000000000000666. The summed E-state index contributed by atoms with van der Waals surface area (Å²) in [6.07, 6.45) is 0. The van der Waals surface area contributed by atoms with Gasteiger partial charge in [0, 0.05) is 0 Å². The molecule has 0 aromatic heterocycles. The van der Waals surface area contributed by atoms with Crippen molar-refractivity contribution in [1.82, 2.24) is 0 Å². The topological polar surface area (TPSA) is 99.7 Å². The Hall–Kier alpha value is -0.541. The average Bonchev–Trinajstić information content (AvgIpc) is 1.27. The number of rotatable bonds is 2. The molecule has 0 aromatic carbocycles. The van der Waals surface area contributed by atoms with Crippen molar-refractivity contribution in [2.45, 2.75) is 0 Å². The molecule has 0 rings (SSSR count). The average molecular weight is 165 g/mol. The van der Waals surface area contributed by atoms with Gasteiger partial charge in [-0.25, -0.2) is 0 Å². The third-order valence-corrected chi connectivity index (χ3v) is 1.14. The third kappa shape index (κ3) is 5.46. The van der Waals surface area contributed by atoms with Gasteiger partial charge in [0.2, 0.25) is 0 Å². The number of nitrogens with two attached hydrogens (primary N) is 2. The summed E-state index contributed by atoms with van der Waals surface area (Å²) in [5, 5.41) is 13.2. The molecule has 0 heterocycles. The van der Waals surface area contributed by atoms with E-state index in [0.717, 1.165) is 0 Å². The molecule has 0 fully saturated rings. The molecule has 4 nitrogen and oxygen atoms in total. The minimum absolute atomic E-state index is 0.000000000000000222. The van der Waals surface area contributed by atoms with Crippen molar-refractivity contribution < 1.29 is 0 Å². The first-order valence-corrected chi connectivity index (χ1v) is 3.20. The number of hydrogen-bond donors (Lipinski definition) is 4. The van der Waals surface area contributed by atoms with Gasteiger partial charge >= 0.3 is 46.7 Å². The fourth-order valence-electron chi connectivity index (χ4n) is 0.118. The molecule has 0 unspecified atom stereocenters. The molecule has 0 radical (unpaired) electrons. The van der Waals surface area contributed by atoms with E-state index in [1.807, 2.05) is 0 Å². The Morgan fingerprint density at radius 1 is 1.14 bits per heavy atom. The zero-order chi connectivity index (χ0) is 5.86. The van der Waals surface area contributed by atoms with Crippen molar-refractivity contribution in [3.8, 4) is 0 Å². The fraction of sp³-hybridized carbons (Fsp3) is 0. The first-order valence-electron chi connectivity index (χ1n) is 1.49. The van der Waals surface area contributed by atoms with Crippen molar-refractivity contribution >= 4 is 24.4 Å². The maximum atomic E-state index is 6.61. The Morgan fingerprint density at radius 2 is 1.43 bits per heavy atom. The predicted molar refractivity (Wildman–Crippen MR) is 29.6 cm³/mol. The second-order valence-electron chi connectivity index (χ2n) is 0.831. The summed E-state index contributed by atoms with van der Waals surface area (Å²) in [5.41, 5.74) is 9.77. The molecule has 0 atom stereocenters. The molecule has 40 valence electrons. The van der Waals surface area contributed by atoms with Crippen LogP contribution in [0.1, 0.15) is 0 Å². The first-order chi connectivity index (χ1) is 3.13. The van der Waals surface area contributed by atoms with Gasteiger partial charge in [-0.15, -0.1) is 0 Å². The van der Waals surface area contributed by atoms with Gasteiger partial charge in [-0.3, -0.25) is 0 Å². The summed E-state index contributed by atoms with van der Waals surface area (Å²) in [6.45, 7) is 0. The second-order valence-corrected chi connectivity index (χ2v) is 3.10. The van der Waals surface area contributed by atoms with Crippen LogP contribution in [-0.4, -0.2) is 24.4 Å². The third-order valence-electron chi connectivity index (χ3n) is 0.220. The van der Waals surface area contributed by atoms with Crippen molar-refractivity contribution in [2.75, 3.05) is 0 Å². The monoisotopic (exact) mass is 166 g/mol. The number of amidine groups is 2. The summed E-state index contributed by atoms with van der Waals surface area (Å²) in [5.74, 6) is 0. The van der Waals surface area contributed by atoms with Crippen molar-refractivity contribution in [1.29, 1.82) is 10.8 Å². The van der Waals surface area contributed by atoms with Crippen LogP contribution in [0.25, 0.3) is 0 Å². The van der Waals surface area contributed by atoms with Crippen molar-refractivity contribution in [2.24, 2.45) is 11.5 Å². The Labute approximate surface area is 47.4 Å². The van der Waals surface area contributed by atoms with Gasteiger partial charge in [0.25, 0.3) is 0 Å². The maximum absolute atomic E-state index is 6.61. The molecule has 5 heteroatoms. The summed E-state index contributed by atoms with van der Waals surface area (Å²) in [4.78, 5) is 0. The van der Waals surface area contributed by atoms with Gasteiger partial charge in [0.1, 0.15) is 0 Å². The molecule has 7 heavy (non-hydrogen) atoms. The van der Waals surface area contributed by atoms with Crippen LogP contribution in [0.15, 0.2) is 0 Å². The van der Waals surface area contributed by atoms with E-state index in [9.17, 15) is 0 Å². The quantitative estimate of drug-likeness (QED) is 0.227. The van der Waals surface area contributed by atoms with Crippen LogP contribution in [0, 0.1) is 10.8 Å². The molecule has 0 aromatic rings. The van der Waals surface area contributed by atoms with E-state index in [2.05, 4.69) is 0 Å². The Balaban J connectivity index is 3.32. The van der Waals surface area contributed by atoms with E-state index in [4.69, 9.17) is 22.3 Å². The molecular formula is C2H6N4Se. The number of hydrogen-bond acceptors (Lipinski definition) is 2. The molecular weight excluding hydrogens is 159 g/mol. The molecule has 0 saturated carbocycles. The van der Waals surface area contributed by atoms with Crippen LogP contribution < -0.4 is 11.5 Å². The summed E-state index contributed by atoms with van der Waals surface area (Å²) in [6, 6.07) is 0. The zero-order valence-corrected chi connectivity index (χ0v) is 5.28. The van der Waals surface area contributed by atoms with Crippen LogP contribution in [-0.2, 0) is 0 Å². The number of nitrogens with one attached hydrogen (secondary N) is 2. The molecule has 0 bridgehead atoms. The van der Waals surface area contributed by atoms with E-state index in [1.165, 1.54) is 0 Å². The van der Waals surface area contributed by atoms with Crippen LogP contribution in [0.3, 0.4) is 0 Å². The SMILES string of the molecule is N=C(N)[Se]C(=N)N. The predicted octanol–water partition coefficient (Wildman–Crippen LogP) is -1.52. The van der Waals surface area contributed by atoms with E-state index in [-0.39, 0.29) is 9.47 Å². The van der Waals surface area contributed by atoms with Crippen LogP contribution in [0.2, 0.25) is 0 Å². The second kappa shape index (κ2) is 2.60. The Morgan fingerprint density at radius 3 is 1.43 bits per heavy atom. The van der Waals surface area contributed by atoms with E-state index >= 15 is 0 Å². The summed E-state index contributed by atoms with van der Waals surface area (Å²) in [7, 11) is 0. The molecule has 0 aliphatic heterocycles. The fourth-order valence-corrected chi connectivity index (χ4v) is 0.616. The van der Waals surface area contributed by atoms with Gasteiger partial charge in [-0.2, -0.15) is 0 Å². The molecule has 0 aliphatic rings. The Kier molecular flexibility index (Phi) is 2.40. The zero-order valence-electron chi connectivity index (χ0n) is 3.56. The molecule has 0 amide bonds. The van der Waals surface area contributed by atoms with Gasteiger partial charge in [-0.1, -0.05) is 0 Å². The first kappa shape index (κ1) is 6.46. The van der Waals surface area contributed by atoms with Gasteiger partial charge in [-0.05, 0) is 0 Å². The minimum atomic E-state index is -0.403. The molecule has 0 spiro atoms. The van der Waals surface area contributed by atoms with Crippen molar-refractivity contribution in [3.63, 3.8) is 0 Å². The Bertz CT molecular complexity index is 85.9. The van der Waals surface area contributed by atoms with Crippen LogP contribution in [0.4, 0.5) is 0 Å². The van der Waals surface area contributed by atoms with Crippen molar-refractivity contribution in [3.05, 3.63) is 0 Å². The van der Waals surface area contributed by atoms with E-state index < -0.39 is 15.0 Å². The van der Waals surface area contributed by atoms with Gasteiger partial charge in [0.05, 0.1) is 0 Å². The molecule has 0 aliphatic carbocycles. The van der Waals surface area contributed by atoms with E-state index in [1.54, 1.807) is 0 Å². The molecule has 0 saturated heterocycles. The molecule has 6 N–H and O–H groups in total.